The van der Waals surface area contributed by atoms with Crippen LogP contribution in [-0.4, -0.2) is 36.9 Å². The van der Waals surface area contributed by atoms with E-state index in [1.54, 1.807) is 24.3 Å². The number of ether oxygens (including phenoxy) is 3. The maximum Gasteiger partial charge on any atom is 0.343 e. The molecule has 2 aromatic carbocycles. The summed E-state index contributed by atoms with van der Waals surface area (Å²) in [5, 5.41) is 8.93. The number of aromatic carboxylic acids is 1. The van der Waals surface area contributed by atoms with Crippen LogP contribution in [0.4, 0.5) is 0 Å². The normalized spacial score (nSPS) is 10.2. The van der Waals surface area contributed by atoms with Gasteiger partial charge in [0.25, 0.3) is 0 Å². The van der Waals surface area contributed by atoms with E-state index in [9.17, 15) is 9.59 Å². The fourth-order valence-electron chi connectivity index (χ4n) is 1.91. The van der Waals surface area contributed by atoms with Crippen molar-refractivity contribution in [2.75, 3.05) is 19.8 Å². The van der Waals surface area contributed by atoms with Gasteiger partial charge in [0.15, 0.2) is 0 Å². The maximum absolute atomic E-state index is 12.1. The van der Waals surface area contributed by atoms with E-state index in [2.05, 4.69) is 0 Å². The first-order valence-corrected chi connectivity index (χ1v) is 7.46. The van der Waals surface area contributed by atoms with E-state index in [-0.39, 0.29) is 11.3 Å². The third-order valence-corrected chi connectivity index (χ3v) is 3.08. The van der Waals surface area contributed by atoms with Crippen LogP contribution < -0.4 is 9.47 Å². The summed E-state index contributed by atoms with van der Waals surface area (Å²) in [5.74, 6) is -0.851. The number of hydrogen-bond acceptors (Lipinski definition) is 5. The summed E-state index contributed by atoms with van der Waals surface area (Å²) in [5.41, 5.74) is 0.395. The van der Waals surface area contributed by atoms with Gasteiger partial charge in [-0.3, -0.25) is 0 Å². The maximum atomic E-state index is 12.1. The monoisotopic (exact) mass is 330 g/mol. The molecule has 0 radical (unpaired) electrons. The molecule has 126 valence electrons. The molecule has 0 amide bonds. The van der Waals surface area contributed by atoms with Crippen molar-refractivity contribution in [2.24, 2.45) is 0 Å². The lowest BCUT2D eigenvalue weighted by molar-refractivity contribution is 0.0687. The van der Waals surface area contributed by atoms with Gasteiger partial charge in [-0.1, -0.05) is 6.07 Å². The Bertz CT molecular complexity index is 693. The molecule has 24 heavy (non-hydrogen) atoms. The van der Waals surface area contributed by atoms with Crippen LogP contribution in [0.15, 0.2) is 48.5 Å². The second-order valence-electron chi connectivity index (χ2n) is 4.79. The molecule has 0 fully saturated rings. The molecule has 6 heteroatoms. The highest BCUT2D eigenvalue weighted by Gasteiger charge is 2.10. The second-order valence-corrected chi connectivity index (χ2v) is 4.79. The predicted molar refractivity (Wildman–Crippen MR) is 86.8 cm³/mol. The van der Waals surface area contributed by atoms with Crippen LogP contribution in [0.25, 0.3) is 0 Å². The van der Waals surface area contributed by atoms with Crippen molar-refractivity contribution in [3.63, 3.8) is 0 Å². The first-order chi connectivity index (χ1) is 11.6. The Kier molecular flexibility index (Phi) is 6.33. The Morgan fingerprint density at radius 2 is 1.71 bits per heavy atom. The van der Waals surface area contributed by atoms with Gasteiger partial charge in [0, 0.05) is 6.61 Å². The van der Waals surface area contributed by atoms with E-state index in [0.717, 1.165) is 0 Å². The SMILES string of the molecule is CCOCCOc1ccc(C(=O)Oc2cccc(C(=O)O)c2)cc1. The first kappa shape index (κ1) is 17.5. The highest BCUT2D eigenvalue weighted by Crippen LogP contribution is 2.17. The molecule has 0 bridgehead atoms. The molecule has 1 N–H and O–H groups in total. The molecule has 0 saturated heterocycles. The summed E-state index contributed by atoms with van der Waals surface area (Å²) in [7, 11) is 0. The molecule has 0 heterocycles. The Labute approximate surface area is 139 Å². The van der Waals surface area contributed by atoms with Crippen molar-refractivity contribution < 1.29 is 28.9 Å². The zero-order valence-electron chi connectivity index (χ0n) is 13.2. The summed E-state index contributed by atoms with van der Waals surface area (Å²) in [6.45, 7) is 3.48. The van der Waals surface area contributed by atoms with E-state index in [4.69, 9.17) is 19.3 Å². The van der Waals surface area contributed by atoms with E-state index in [1.165, 1.54) is 24.3 Å². The Morgan fingerprint density at radius 1 is 0.958 bits per heavy atom. The van der Waals surface area contributed by atoms with Crippen molar-refractivity contribution in [3.05, 3.63) is 59.7 Å². The summed E-state index contributed by atoms with van der Waals surface area (Å²) in [4.78, 5) is 23.0. The number of benzene rings is 2. The fourth-order valence-corrected chi connectivity index (χ4v) is 1.91. The van der Waals surface area contributed by atoms with Crippen molar-refractivity contribution in [2.45, 2.75) is 6.92 Å². The molecular weight excluding hydrogens is 312 g/mol. The van der Waals surface area contributed by atoms with Crippen LogP contribution >= 0.6 is 0 Å². The van der Waals surface area contributed by atoms with Crippen LogP contribution in [0.5, 0.6) is 11.5 Å². The summed E-state index contributed by atoms with van der Waals surface area (Å²) in [6, 6.07) is 12.3. The molecular formula is C18H18O6. The fraction of sp³-hybridized carbons (Fsp3) is 0.222. The van der Waals surface area contributed by atoms with E-state index in [1.807, 2.05) is 6.92 Å². The average molecular weight is 330 g/mol. The van der Waals surface area contributed by atoms with Crippen molar-refractivity contribution >= 4 is 11.9 Å². The molecule has 0 aliphatic heterocycles. The Morgan fingerprint density at radius 3 is 2.38 bits per heavy atom. The number of carboxylic acids is 1. The molecule has 6 nitrogen and oxygen atoms in total. The molecule has 0 unspecified atom stereocenters. The molecule has 0 aromatic heterocycles. The molecule has 0 saturated carbocycles. The zero-order valence-corrected chi connectivity index (χ0v) is 13.2. The van der Waals surface area contributed by atoms with Gasteiger partial charge >= 0.3 is 11.9 Å². The number of carbonyl (C=O) groups excluding carboxylic acids is 1. The minimum atomic E-state index is -1.08. The number of esters is 1. The standard InChI is InChI=1S/C18H18O6/c1-2-22-10-11-23-15-8-6-13(7-9-15)18(21)24-16-5-3-4-14(12-16)17(19)20/h3-9,12H,2,10-11H2,1H3,(H,19,20). The van der Waals surface area contributed by atoms with Gasteiger partial charge in [-0.25, -0.2) is 9.59 Å². The quantitative estimate of drug-likeness (QED) is 0.455. The largest absolute Gasteiger partial charge is 0.491 e. The Hall–Kier alpha value is -2.86. The molecule has 0 aliphatic rings. The van der Waals surface area contributed by atoms with Gasteiger partial charge < -0.3 is 19.3 Å². The summed E-state index contributed by atoms with van der Waals surface area (Å²) >= 11 is 0. The average Bonchev–Trinajstić information content (AvgIpc) is 2.59. The van der Waals surface area contributed by atoms with E-state index < -0.39 is 11.9 Å². The summed E-state index contributed by atoms with van der Waals surface area (Å²) < 4.78 is 15.8. The lowest BCUT2D eigenvalue weighted by atomic mass is 10.2. The highest BCUT2D eigenvalue weighted by atomic mass is 16.5. The van der Waals surface area contributed by atoms with Gasteiger partial charge in [0.05, 0.1) is 17.7 Å². The van der Waals surface area contributed by atoms with Crippen LogP contribution in [0.3, 0.4) is 0 Å². The number of hydrogen-bond donors (Lipinski definition) is 1. The zero-order chi connectivity index (χ0) is 17.4. The van der Waals surface area contributed by atoms with Gasteiger partial charge in [-0.2, -0.15) is 0 Å². The highest BCUT2D eigenvalue weighted by molar-refractivity contribution is 5.92. The van der Waals surface area contributed by atoms with E-state index >= 15 is 0 Å². The lowest BCUT2D eigenvalue weighted by Gasteiger charge is -2.08. The topological polar surface area (TPSA) is 82.1 Å². The number of carboxylic acid groups (broad SMARTS) is 1. The third kappa shape index (κ3) is 5.10. The van der Waals surface area contributed by atoms with Gasteiger partial charge in [-0.15, -0.1) is 0 Å². The Balaban J connectivity index is 1.95. The first-order valence-electron chi connectivity index (χ1n) is 7.46. The number of rotatable bonds is 8. The van der Waals surface area contributed by atoms with Crippen molar-refractivity contribution in [3.8, 4) is 11.5 Å². The minimum Gasteiger partial charge on any atom is -0.491 e. The molecule has 0 aliphatic carbocycles. The van der Waals surface area contributed by atoms with Crippen LogP contribution in [0.1, 0.15) is 27.6 Å². The third-order valence-electron chi connectivity index (χ3n) is 3.08. The van der Waals surface area contributed by atoms with Crippen LogP contribution in [0.2, 0.25) is 0 Å². The van der Waals surface area contributed by atoms with Crippen molar-refractivity contribution in [1.82, 2.24) is 0 Å². The van der Waals surface area contributed by atoms with Gasteiger partial charge in [-0.05, 0) is 49.4 Å². The van der Waals surface area contributed by atoms with Crippen LogP contribution in [0, 0.1) is 0 Å². The predicted octanol–water partition coefficient (Wildman–Crippen LogP) is 3.02. The lowest BCUT2D eigenvalue weighted by Crippen LogP contribution is -2.09. The van der Waals surface area contributed by atoms with Crippen LogP contribution in [-0.2, 0) is 4.74 Å². The molecule has 0 spiro atoms. The molecule has 2 rings (SSSR count). The number of carbonyl (C=O) groups is 2. The van der Waals surface area contributed by atoms with Gasteiger partial charge in [0.2, 0.25) is 0 Å². The second kappa shape index (κ2) is 8.69. The molecule has 0 atom stereocenters. The summed E-state index contributed by atoms with van der Waals surface area (Å²) in [6.07, 6.45) is 0. The minimum absolute atomic E-state index is 0.0540. The van der Waals surface area contributed by atoms with Gasteiger partial charge in [0.1, 0.15) is 18.1 Å². The molecule has 2 aromatic rings. The van der Waals surface area contributed by atoms with Crippen molar-refractivity contribution in [1.29, 1.82) is 0 Å². The smallest absolute Gasteiger partial charge is 0.343 e. The van der Waals surface area contributed by atoms with E-state index in [0.29, 0.717) is 31.1 Å².